The van der Waals surface area contributed by atoms with Crippen molar-refractivity contribution in [3.05, 3.63) is 52.8 Å². The molecule has 0 aliphatic rings. The topological polar surface area (TPSA) is 42.1 Å². The van der Waals surface area contributed by atoms with Gasteiger partial charge in [-0.3, -0.25) is 4.79 Å². The van der Waals surface area contributed by atoms with Gasteiger partial charge in [0.25, 0.3) is 0 Å². The lowest BCUT2D eigenvalue weighted by molar-refractivity contribution is 0.0978. The number of carbonyl (C=O) groups excluding carboxylic acids is 1. The normalized spacial score (nSPS) is 12.3. The van der Waals surface area contributed by atoms with Gasteiger partial charge >= 0.3 is 0 Å². The number of carbonyl (C=O) groups is 1. The van der Waals surface area contributed by atoms with Crippen LogP contribution in [0, 0.1) is 0 Å². The van der Waals surface area contributed by atoms with Gasteiger partial charge in [-0.1, -0.05) is 53.7 Å². The Morgan fingerprint density at radius 3 is 2.04 bits per heavy atom. The Balaban J connectivity index is 2.42. The molecular formula is C23H33NO2. The van der Waals surface area contributed by atoms with E-state index in [1.165, 1.54) is 16.7 Å². The van der Waals surface area contributed by atoms with Crippen molar-refractivity contribution in [1.29, 1.82) is 0 Å². The molecule has 0 bridgehead atoms. The molecular weight excluding hydrogens is 322 g/mol. The van der Waals surface area contributed by atoms with Crippen molar-refractivity contribution in [2.45, 2.75) is 72.1 Å². The molecule has 0 radical (unpaired) electrons. The van der Waals surface area contributed by atoms with Gasteiger partial charge in [0.05, 0.1) is 12.3 Å². The number of ketones is 1. The smallest absolute Gasteiger partial charge is 0.179 e. The van der Waals surface area contributed by atoms with Gasteiger partial charge in [0.2, 0.25) is 0 Å². The van der Waals surface area contributed by atoms with Crippen LogP contribution in [0.25, 0.3) is 0 Å². The number of aromatic amines is 1. The molecule has 0 spiro atoms. The van der Waals surface area contributed by atoms with E-state index in [-0.39, 0.29) is 16.6 Å². The Morgan fingerprint density at radius 1 is 1.04 bits per heavy atom. The molecule has 1 aromatic heterocycles. The molecule has 1 aromatic carbocycles. The largest absolute Gasteiger partial charge is 0.493 e. The summed E-state index contributed by atoms with van der Waals surface area (Å²) in [5, 5.41) is 0. The summed E-state index contributed by atoms with van der Waals surface area (Å²) in [6.07, 6.45) is 3.03. The fourth-order valence-electron chi connectivity index (χ4n) is 3.14. The second kappa shape index (κ2) is 7.69. The first kappa shape index (κ1) is 20.3. The van der Waals surface area contributed by atoms with Crippen LogP contribution in [0.1, 0.15) is 82.1 Å². The molecule has 0 aliphatic heterocycles. The number of hydrogen-bond donors (Lipinski definition) is 1. The first-order chi connectivity index (χ1) is 12.0. The lowest BCUT2D eigenvalue weighted by Crippen LogP contribution is -2.20. The molecule has 2 aromatic rings. The third kappa shape index (κ3) is 4.78. The second-order valence-corrected chi connectivity index (χ2v) is 8.96. The van der Waals surface area contributed by atoms with E-state index >= 15 is 0 Å². The monoisotopic (exact) mass is 355 g/mol. The maximum atomic E-state index is 12.4. The number of hydrogen-bond acceptors (Lipinski definition) is 2. The number of aromatic nitrogens is 1. The van der Waals surface area contributed by atoms with Crippen molar-refractivity contribution >= 4 is 5.78 Å². The minimum atomic E-state index is -0.0238. The fraction of sp³-hybridized carbons (Fsp3) is 0.522. The number of ether oxygens (including phenoxy) is 1. The second-order valence-electron chi connectivity index (χ2n) is 8.96. The minimum Gasteiger partial charge on any atom is -0.493 e. The zero-order valence-corrected chi connectivity index (χ0v) is 17.3. The molecule has 0 atom stereocenters. The lowest BCUT2D eigenvalue weighted by Gasteiger charge is -2.30. The molecule has 0 fully saturated rings. The van der Waals surface area contributed by atoms with Crippen LogP contribution in [0.2, 0.25) is 0 Å². The molecule has 0 saturated heterocycles. The summed E-state index contributed by atoms with van der Waals surface area (Å²) in [6, 6.07) is 8.14. The van der Waals surface area contributed by atoms with Crippen LogP contribution in [0.3, 0.4) is 0 Å². The molecule has 1 N–H and O–H groups in total. The predicted molar refractivity (Wildman–Crippen MR) is 108 cm³/mol. The van der Waals surface area contributed by atoms with E-state index < -0.39 is 0 Å². The quantitative estimate of drug-likeness (QED) is 0.663. The molecule has 26 heavy (non-hydrogen) atoms. The maximum Gasteiger partial charge on any atom is 0.179 e. The van der Waals surface area contributed by atoms with Gasteiger partial charge in [0.15, 0.2) is 5.78 Å². The van der Waals surface area contributed by atoms with Gasteiger partial charge < -0.3 is 9.72 Å². The molecule has 142 valence electrons. The van der Waals surface area contributed by atoms with Crippen LogP contribution in [0.15, 0.2) is 30.5 Å². The summed E-state index contributed by atoms with van der Waals surface area (Å²) >= 11 is 0. The van der Waals surface area contributed by atoms with Crippen LogP contribution < -0.4 is 4.74 Å². The first-order valence-electron chi connectivity index (χ1n) is 9.51. The highest BCUT2D eigenvalue weighted by Gasteiger charge is 2.27. The molecule has 0 amide bonds. The molecule has 3 heteroatoms. The highest BCUT2D eigenvalue weighted by atomic mass is 16.5. The van der Waals surface area contributed by atoms with Gasteiger partial charge in [-0.15, -0.1) is 0 Å². The Bertz CT molecular complexity index is 708. The van der Waals surface area contributed by atoms with Crippen molar-refractivity contribution in [3.63, 3.8) is 0 Å². The third-order valence-corrected chi connectivity index (χ3v) is 4.59. The van der Waals surface area contributed by atoms with E-state index in [1.807, 2.05) is 19.1 Å². The Morgan fingerprint density at radius 2 is 1.62 bits per heavy atom. The highest BCUT2D eigenvalue weighted by molar-refractivity contribution is 5.94. The molecule has 1 heterocycles. The number of nitrogens with one attached hydrogen (secondary N) is 1. The molecule has 0 aliphatic carbocycles. The van der Waals surface area contributed by atoms with Gasteiger partial charge in [-0.25, -0.2) is 0 Å². The zero-order chi connectivity index (χ0) is 19.5. The summed E-state index contributed by atoms with van der Waals surface area (Å²) in [4.78, 5) is 15.4. The molecule has 0 unspecified atom stereocenters. The van der Waals surface area contributed by atoms with E-state index in [9.17, 15) is 4.79 Å². The van der Waals surface area contributed by atoms with Crippen molar-refractivity contribution in [3.8, 4) is 5.75 Å². The summed E-state index contributed by atoms with van der Waals surface area (Å²) in [7, 11) is 0. The fourth-order valence-corrected chi connectivity index (χ4v) is 3.14. The SMILES string of the molecule is CCOc1c(C(C)(C)C)cc(CCC(=O)c2ccc[nH]2)cc1C(C)(C)C. The average molecular weight is 356 g/mol. The minimum absolute atomic E-state index is 0.0238. The van der Waals surface area contributed by atoms with E-state index in [0.29, 0.717) is 18.7 Å². The van der Waals surface area contributed by atoms with E-state index in [0.717, 1.165) is 12.2 Å². The number of aryl methyl sites for hydroxylation is 1. The molecule has 2 rings (SSSR count). The Labute approximate surface area is 158 Å². The zero-order valence-electron chi connectivity index (χ0n) is 17.3. The first-order valence-corrected chi connectivity index (χ1v) is 9.51. The average Bonchev–Trinajstić information content (AvgIpc) is 3.06. The van der Waals surface area contributed by atoms with Gasteiger partial charge in [0.1, 0.15) is 5.75 Å². The predicted octanol–water partition coefficient (Wildman–Crippen LogP) is 5.82. The van der Waals surface area contributed by atoms with E-state index in [1.54, 1.807) is 6.20 Å². The van der Waals surface area contributed by atoms with Crippen molar-refractivity contribution < 1.29 is 9.53 Å². The Hall–Kier alpha value is -2.03. The van der Waals surface area contributed by atoms with E-state index in [2.05, 4.69) is 58.7 Å². The van der Waals surface area contributed by atoms with Crippen molar-refractivity contribution in [1.82, 2.24) is 4.98 Å². The van der Waals surface area contributed by atoms with Crippen LogP contribution in [0.4, 0.5) is 0 Å². The van der Waals surface area contributed by atoms with Crippen LogP contribution in [-0.2, 0) is 17.3 Å². The van der Waals surface area contributed by atoms with Crippen molar-refractivity contribution in [2.75, 3.05) is 6.61 Å². The van der Waals surface area contributed by atoms with E-state index in [4.69, 9.17) is 4.74 Å². The number of rotatable bonds is 6. The number of benzene rings is 1. The van der Waals surface area contributed by atoms with Crippen LogP contribution in [-0.4, -0.2) is 17.4 Å². The Kier molecular flexibility index (Phi) is 6.00. The summed E-state index contributed by atoms with van der Waals surface area (Å²) in [6.45, 7) is 16.0. The summed E-state index contributed by atoms with van der Waals surface area (Å²) in [5.41, 5.74) is 4.27. The van der Waals surface area contributed by atoms with Crippen LogP contribution in [0.5, 0.6) is 5.75 Å². The maximum absolute atomic E-state index is 12.4. The third-order valence-electron chi connectivity index (χ3n) is 4.59. The van der Waals surface area contributed by atoms with Gasteiger partial charge in [-0.05, 0) is 41.9 Å². The summed E-state index contributed by atoms with van der Waals surface area (Å²) < 4.78 is 6.09. The molecule has 0 saturated carbocycles. The summed E-state index contributed by atoms with van der Waals surface area (Å²) in [5.74, 6) is 1.16. The van der Waals surface area contributed by atoms with Gasteiger partial charge in [-0.2, -0.15) is 0 Å². The van der Waals surface area contributed by atoms with Crippen molar-refractivity contribution in [2.24, 2.45) is 0 Å². The number of H-pyrrole nitrogens is 1. The highest BCUT2D eigenvalue weighted by Crippen LogP contribution is 2.41. The van der Waals surface area contributed by atoms with Crippen LogP contribution >= 0.6 is 0 Å². The van der Waals surface area contributed by atoms with Gasteiger partial charge in [0, 0.05) is 23.7 Å². The lowest BCUT2D eigenvalue weighted by atomic mass is 9.78. The molecule has 3 nitrogen and oxygen atoms in total. The number of Topliss-reactive ketones (excluding diaryl/α,β-unsaturated/α-hetero) is 1. The standard InChI is InChI=1S/C23H33NO2/c1-8-26-21-17(22(2,3)4)14-16(15-18(21)23(5,6)7)11-12-20(25)19-10-9-13-24-19/h9-10,13-15,24H,8,11-12H2,1-7H3.